The van der Waals surface area contributed by atoms with Crippen LogP contribution in [-0.4, -0.2) is 20.6 Å². The molecule has 4 rings (SSSR count). The Morgan fingerprint density at radius 1 is 0.786 bits per heavy atom. The summed E-state index contributed by atoms with van der Waals surface area (Å²) in [5, 5.41) is 14.3. The fourth-order valence-corrected chi connectivity index (χ4v) is 4.65. The van der Waals surface area contributed by atoms with Crippen LogP contribution in [0.15, 0.2) is 91.0 Å². The van der Waals surface area contributed by atoms with Crippen LogP contribution in [0.3, 0.4) is 0 Å². The lowest BCUT2D eigenvalue weighted by Gasteiger charge is -2.39. The first kappa shape index (κ1) is 18.5. The fourth-order valence-electron chi connectivity index (χ4n) is 3.90. The topological polar surface area (TPSA) is 54.5 Å². The van der Waals surface area contributed by atoms with Crippen molar-refractivity contribution in [3.63, 3.8) is 0 Å². The molecule has 0 aliphatic heterocycles. The average molecular weight is 386 g/mol. The minimum absolute atomic E-state index is 0.224. The van der Waals surface area contributed by atoms with Crippen LogP contribution in [0.4, 0.5) is 0 Å². The molecule has 0 bridgehead atoms. The molecule has 1 aromatic heterocycles. The molecule has 0 aliphatic rings. The van der Waals surface area contributed by atoms with Crippen molar-refractivity contribution in [1.29, 1.82) is 0 Å². The number of benzene rings is 3. The number of aromatic nitrogens is 4. The summed E-state index contributed by atoms with van der Waals surface area (Å²) in [4.78, 5) is 0. The maximum Gasteiger partial charge on any atom is 0.174 e. The van der Waals surface area contributed by atoms with E-state index in [0.717, 1.165) is 18.7 Å². The molecule has 4 aromatic rings. The first-order chi connectivity index (χ1) is 13.8. The lowest BCUT2D eigenvalue weighted by molar-refractivity contribution is 0.513. The summed E-state index contributed by atoms with van der Waals surface area (Å²) >= 11 is 0. The van der Waals surface area contributed by atoms with Crippen molar-refractivity contribution in [1.82, 2.24) is 20.6 Å². The number of aryl methyl sites for hydroxylation is 1. The van der Waals surface area contributed by atoms with Crippen LogP contribution in [0.25, 0.3) is 0 Å². The third-order valence-corrected chi connectivity index (χ3v) is 6.37. The summed E-state index contributed by atoms with van der Waals surface area (Å²) in [6.45, 7) is 0. The van der Waals surface area contributed by atoms with Gasteiger partial charge in [-0.2, -0.15) is 5.21 Å². The molecular formula is C23H23N4P. The van der Waals surface area contributed by atoms with Gasteiger partial charge in [-0.05, 0) is 23.1 Å². The number of hydrogen-bond acceptors (Lipinski definition) is 3. The number of tetrazole rings is 1. The highest BCUT2D eigenvalue weighted by atomic mass is 31.0. The third kappa shape index (κ3) is 3.74. The molecule has 5 heteroatoms. The van der Waals surface area contributed by atoms with Gasteiger partial charge in [0.05, 0.1) is 0 Å². The second-order valence-electron chi connectivity index (χ2n) is 6.93. The van der Waals surface area contributed by atoms with Gasteiger partial charge in [0, 0.05) is 17.5 Å². The Balaban J connectivity index is 1.83. The lowest BCUT2D eigenvalue weighted by atomic mass is 9.74. The molecule has 0 saturated carbocycles. The highest BCUT2D eigenvalue weighted by molar-refractivity contribution is 7.19. The lowest BCUT2D eigenvalue weighted by Crippen LogP contribution is -2.29. The quantitative estimate of drug-likeness (QED) is 0.467. The number of rotatable bonds is 7. The van der Waals surface area contributed by atoms with Crippen molar-refractivity contribution in [2.45, 2.75) is 23.9 Å². The van der Waals surface area contributed by atoms with Gasteiger partial charge in [0.2, 0.25) is 0 Å². The molecule has 0 amide bonds. The zero-order valence-electron chi connectivity index (χ0n) is 15.6. The molecular weight excluding hydrogens is 363 g/mol. The van der Waals surface area contributed by atoms with Gasteiger partial charge in [-0.25, -0.2) is 0 Å². The van der Waals surface area contributed by atoms with Gasteiger partial charge in [0.15, 0.2) is 5.82 Å². The van der Waals surface area contributed by atoms with E-state index in [0.29, 0.717) is 0 Å². The fraction of sp³-hybridized carbons (Fsp3) is 0.174. The van der Waals surface area contributed by atoms with Crippen molar-refractivity contribution >= 4 is 9.24 Å². The van der Waals surface area contributed by atoms with Crippen LogP contribution in [-0.2, 0) is 11.6 Å². The van der Waals surface area contributed by atoms with E-state index < -0.39 is 0 Å². The summed E-state index contributed by atoms with van der Waals surface area (Å²) < 4.78 is 0. The Bertz CT molecular complexity index is 934. The minimum atomic E-state index is -0.270. The van der Waals surface area contributed by atoms with Crippen molar-refractivity contribution in [3.8, 4) is 0 Å². The van der Waals surface area contributed by atoms with E-state index in [1.165, 1.54) is 16.7 Å². The number of nitrogens with zero attached hydrogens (tertiary/aromatic N) is 3. The van der Waals surface area contributed by atoms with Gasteiger partial charge in [-0.15, -0.1) is 19.4 Å². The van der Waals surface area contributed by atoms with E-state index in [-0.39, 0.29) is 11.1 Å². The molecule has 2 atom stereocenters. The summed E-state index contributed by atoms with van der Waals surface area (Å²) in [7, 11) is 3.18. The normalized spacial score (nSPS) is 12.6. The highest BCUT2D eigenvalue weighted by Crippen LogP contribution is 2.51. The molecule has 0 spiro atoms. The number of hydrogen-bond donors (Lipinski definition) is 1. The number of aromatic amines is 1. The van der Waals surface area contributed by atoms with Crippen LogP contribution in [0, 0.1) is 0 Å². The summed E-state index contributed by atoms with van der Waals surface area (Å²) in [5.74, 6) is 0.969. The van der Waals surface area contributed by atoms with Crippen LogP contribution < -0.4 is 0 Å². The van der Waals surface area contributed by atoms with E-state index >= 15 is 0 Å². The van der Waals surface area contributed by atoms with E-state index in [1.54, 1.807) is 0 Å². The summed E-state index contributed by atoms with van der Waals surface area (Å²) in [6, 6.07) is 32.1. The van der Waals surface area contributed by atoms with Gasteiger partial charge in [-0.3, -0.25) is 0 Å². The standard InChI is InChI=1S/C23H23N4P/c28-23(19-12-6-2-7-13-19,20-14-8-3-9-15-20)21(18-10-4-1-5-11-18)16-17-22-24-26-27-25-22/h1-15,21H,16-17,28H2,(H,24,25,26,27). The third-order valence-electron chi connectivity index (χ3n) is 5.30. The van der Waals surface area contributed by atoms with Gasteiger partial charge >= 0.3 is 0 Å². The first-order valence-electron chi connectivity index (χ1n) is 9.45. The Kier molecular flexibility index (Phi) is 5.59. The second-order valence-corrected chi connectivity index (χ2v) is 7.84. The van der Waals surface area contributed by atoms with Crippen LogP contribution >= 0.6 is 9.24 Å². The largest absolute Gasteiger partial charge is 0.177 e. The van der Waals surface area contributed by atoms with Gasteiger partial charge in [-0.1, -0.05) is 96.2 Å². The van der Waals surface area contributed by atoms with Gasteiger partial charge in [0.1, 0.15) is 0 Å². The van der Waals surface area contributed by atoms with Crippen molar-refractivity contribution < 1.29 is 0 Å². The molecule has 2 unspecified atom stereocenters. The van der Waals surface area contributed by atoms with E-state index in [9.17, 15) is 0 Å². The van der Waals surface area contributed by atoms with Crippen molar-refractivity contribution in [3.05, 3.63) is 114 Å². The Hall–Kier alpha value is -2.84. The molecule has 4 nitrogen and oxygen atoms in total. The van der Waals surface area contributed by atoms with E-state index in [2.05, 4.69) is 121 Å². The summed E-state index contributed by atoms with van der Waals surface area (Å²) in [5.41, 5.74) is 3.84. The zero-order valence-corrected chi connectivity index (χ0v) is 16.7. The maximum atomic E-state index is 4.16. The molecule has 0 radical (unpaired) electrons. The second kappa shape index (κ2) is 8.45. The predicted octanol–water partition coefficient (Wildman–Crippen LogP) is 4.74. The van der Waals surface area contributed by atoms with Crippen molar-refractivity contribution in [2.75, 3.05) is 0 Å². The first-order valence-corrected chi connectivity index (χ1v) is 10.0. The van der Waals surface area contributed by atoms with Crippen LogP contribution in [0.2, 0.25) is 0 Å². The Morgan fingerprint density at radius 3 is 1.82 bits per heavy atom. The SMILES string of the molecule is PC(c1ccccc1)(c1ccccc1)C(CCc1nn[nH]n1)c1ccccc1. The molecule has 140 valence electrons. The van der Waals surface area contributed by atoms with E-state index in [1.807, 2.05) is 0 Å². The monoisotopic (exact) mass is 386 g/mol. The van der Waals surface area contributed by atoms with Gasteiger partial charge in [0.25, 0.3) is 0 Å². The summed E-state index contributed by atoms with van der Waals surface area (Å²) in [6.07, 6.45) is 1.66. The average Bonchev–Trinajstić information content (AvgIpc) is 3.29. The van der Waals surface area contributed by atoms with Crippen molar-refractivity contribution in [2.24, 2.45) is 0 Å². The molecule has 0 saturated heterocycles. The van der Waals surface area contributed by atoms with Crippen LogP contribution in [0.5, 0.6) is 0 Å². The number of H-pyrrole nitrogens is 1. The predicted molar refractivity (Wildman–Crippen MR) is 115 cm³/mol. The van der Waals surface area contributed by atoms with Gasteiger partial charge < -0.3 is 0 Å². The molecule has 1 N–H and O–H groups in total. The number of nitrogens with one attached hydrogen (secondary N) is 1. The van der Waals surface area contributed by atoms with Crippen LogP contribution in [0.1, 0.15) is 34.9 Å². The Morgan fingerprint density at radius 2 is 1.32 bits per heavy atom. The Labute approximate surface area is 167 Å². The molecule has 3 aromatic carbocycles. The smallest absolute Gasteiger partial charge is 0.174 e. The zero-order chi connectivity index (χ0) is 19.2. The maximum absolute atomic E-state index is 4.16. The molecule has 28 heavy (non-hydrogen) atoms. The minimum Gasteiger partial charge on any atom is -0.177 e. The molecule has 0 aliphatic carbocycles. The van der Waals surface area contributed by atoms with E-state index in [4.69, 9.17) is 0 Å². The highest BCUT2D eigenvalue weighted by Gasteiger charge is 2.38. The molecule has 0 fully saturated rings. The molecule has 1 heterocycles.